The fourth-order valence-electron chi connectivity index (χ4n) is 2.23. The van der Waals surface area contributed by atoms with E-state index in [1.165, 1.54) is 5.69 Å². The van der Waals surface area contributed by atoms with Gasteiger partial charge in [0.25, 0.3) is 0 Å². The minimum Gasteiger partial charge on any atom is -0.314 e. The Hall–Kier alpha value is 0.130. The van der Waals surface area contributed by atoms with Crippen LogP contribution >= 0.6 is 40.7 Å². The molecule has 0 unspecified atom stereocenters. The van der Waals surface area contributed by atoms with Gasteiger partial charge in [0.1, 0.15) is 0 Å². The van der Waals surface area contributed by atoms with Gasteiger partial charge in [-0.2, -0.15) is 0 Å². The number of nitrogens with zero attached hydrogens (tertiary/aromatic N) is 2. The number of pyridine rings is 1. The van der Waals surface area contributed by atoms with Crippen molar-refractivity contribution in [3.63, 3.8) is 0 Å². The van der Waals surface area contributed by atoms with Gasteiger partial charge in [-0.1, -0.05) is 6.92 Å². The summed E-state index contributed by atoms with van der Waals surface area (Å²) < 4.78 is 1.05. The Kier molecular flexibility index (Phi) is 9.17. The van der Waals surface area contributed by atoms with Crippen molar-refractivity contribution in [1.29, 1.82) is 0 Å². The summed E-state index contributed by atoms with van der Waals surface area (Å²) in [6.45, 7) is 6.66. The molecule has 1 saturated heterocycles. The molecule has 1 aliphatic heterocycles. The van der Waals surface area contributed by atoms with E-state index in [4.69, 9.17) is 0 Å². The molecule has 0 amide bonds. The zero-order valence-corrected chi connectivity index (χ0v) is 13.7. The molecular weight excluding hydrogens is 337 g/mol. The molecule has 3 nitrogen and oxygen atoms in total. The highest BCUT2D eigenvalue weighted by molar-refractivity contribution is 9.10. The predicted octanol–water partition coefficient (Wildman–Crippen LogP) is 3.04. The molecule has 1 aliphatic rings. The number of nitrogens with one attached hydrogen (secondary N) is 1. The third-order valence-corrected chi connectivity index (χ3v) is 3.54. The lowest BCUT2D eigenvalue weighted by atomic mass is 10.1. The van der Waals surface area contributed by atoms with E-state index < -0.39 is 0 Å². The van der Waals surface area contributed by atoms with Crippen LogP contribution in [0.5, 0.6) is 0 Å². The van der Waals surface area contributed by atoms with Gasteiger partial charge in [-0.25, -0.2) is 0 Å². The summed E-state index contributed by atoms with van der Waals surface area (Å²) in [6, 6.07) is 4.67. The number of rotatable bonds is 3. The highest BCUT2D eigenvalue weighted by Gasteiger charge is 2.21. The molecule has 0 aliphatic carbocycles. The Balaban J connectivity index is 0.00000144. The Morgan fingerprint density at radius 2 is 2.00 bits per heavy atom. The summed E-state index contributed by atoms with van der Waals surface area (Å²) in [4.78, 5) is 7.04. The maximum absolute atomic E-state index is 4.52. The van der Waals surface area contributed by atoms with E-state index in [1.807, 2.05) is 6.20 Å². The lowest BCUT2D eigenvalue weighted by Gasteiger charge is -2.34. The van der Waals surface area contributed by atoms with Crippen LogP contribution in [-0.2, 0) is 0 Å². The van der Waals surface area contributed by atoms with Crippen LogP contribution in [0.1, 0.15) is 25.1 Å². The second-order valence-corrected chi connectivity index (χ2v) is 5.03. The first-order chi connectivity index (χ1) is 7.81. The van der Waals surface area contributed by atoms with Gasteiger partial charge in [0, 0.05) is 36.8 Å². The minimum atomic E-state index is 0. The fourth-order valence-corrected chi connectivity index (χ4v) is 2.47. The molecule has 6 heteroatoms. The highest BCUT2D eigenvalue weighted by Crippen LogP contribution is 2.23. The normalized spacial score (nSPS) is 17.4. The molecule has 2 rings (SSSR count). The van der Waals surface area contributed by atoms with Crippen molar-refractivity contribution in [2.45, 2.75) is 19.4 Å². The number of hydrogen-bond acceptors (Lipinski definition) is 3. The monoisotopic (exact) mass is 355 g/mol. The molecular formula is C12H20BrCl2N3. The van der Waals surface area contributed by atoms with Crippen molar-refractivity contribution in [3.8, 4) is 0 Å². The van der Waals surface area contributed by atoms with Crippen LogP contribution < -0.4 is 5.32 Å². The summed E-state index contributed by atoms with van der Waals surface area (Å²) in [5, 5.41) is 3.38. The molecule has 1 aromatic heterocycles. The van der Waals surface area contributed by atoms with Crippen LogP contribution in [0.15, 0.2) is 22.8 Å². The molecule has 0 radical (unpaired) electrons. The Morgan fingerprint density at radius 3 is 2.50 bits per heavy atom. The maximum atomic E-state index is 4.52. The van der Waals surface area contributed by atoms with Gasteiger partial charge in [-0.15, -0.1) is 24.8 Å². The van der Waals surface area contributed by atoms with Crippen molar-refractivity contribution in [1.82, 2.24) is 15.2 Å². The predicted molar refractivity (Wildman–Crippen MR) is 83.9 cm³/mol. The molecule has 1 aromatic rings. The number of hydrogen-bond donors (Lipinski definition) is 1. The smallest absolute Gasteiger partial charge is 0.0576 e. The summed E-state index contributed by atoms with van der Waals surface area (Å²) >= 11 is 3.43. The van der Waals surface area contributed by atoms with Crippen molar-refractivity contribution in [2.75, 3.05) is 26.2 Å². The van der Waals surface area contributed by atoms with Gasteiger partial charge >= 0.3 is 0 Å². The summed E-state index contributed by atoms with van der Waals surface area (Å²) in [5.41, 5.74) is 1.19. The van der Waals surface area contributed by atoms with Crippen LogP contribution in [0, 0.1) is 0 Å². The van der Waals surface area contributed by atoms with E-state index >= 15 is 0 Å². The first-order valence-corrected chi connectivity index (χ1v) is 6.66. The number of halogens is 3. The zero-order chi connectivity index (χ0) is 11.4. The molecule has 0 aromatic carbocycles. The molecule has 104 valence electrons. The second kappa shape index (κ2) is 9.10. The summed E-state index contributed by atoms with van der Waals surface area (Å²) in [7, 11) is 0. The number of piperazine rings is 1. The fraction of sp³-hybridized carbons (Fsp3) is 0.583. The van der Waals surface area contributed by atoms with Gasteiger partial charge in [0.05, 0.1) is 11.7 Å². The maximum Gasteiger partial charge on any atom is 0.0576 e. The lowest BCUT2D eigenvalue weighted by Crippen LogP contribution is -2.45. The Labute approximate surface area is 130 Å². The average Bonchev–Trinajstić information content (AvgIpc) is 2.34. The third kappa shape index (κ3) is 4.67. The zero-order valence-electron chi connectivity index (χ0n) is 10.4. The molecule has 1 fully saturated rings. The molecule has 0 saturated carbocycles. The van der Waals surface area contributed by atoms with Gasteiger partial charge in [-0.3, -0.25) is 9.88 Å². The average molecular weight is 357 g/mol. The van der Waals surface area contributed by atoms with Crippen molar-refractivity contribution in [2.24, 2.45) is 0 Å². The van der Waals surface area contributed by atoms with Crippen molar-refractivity contribution >= 4 is 40.7 Å². The molecule has 1 atom stereocenters. The van der Waals surface area contributed by atoms with Gasteiger partial charge in [-0.05, 0) is 34.5 Å². The van der Waals surface area contributed by atoms with Gasteiger partial charge < -0.3 is 5.32 Å². The van der Waals surface area contributed by atoms with E-state index in [0.717, 1.165) is 37.1 Å². The SMILES string of the molecule is CC[C@@H](c1ccc(Br)cn1)N1CCNCC1.Cl.Cl. The third-order valence-electron chi connectivity index (χ3n) is 3.07. The highest BCUT2D eigenvalue weighted by atomic mass is 79.9. The van der Waals surface area contributed by atoms with E-state index in [-0.39, 0.29) is 24.8 Å². The van der Waals surface area contributed by atoms with Crippen LogP contribution in [0.4, 0.5) is 0 Å². The van der Waals surface area contributed by atoms with Crippen molar-refractivity contribution in [3.05, 3.63) is 28.5 Å². The molecule has 0 bridgehead atoms. The standard InChI is InChI=1S/C12H18BrN3.2ClH/c1-2-12(16-7-5-14-6-8-16)11-4-3-10(13)9-15-11;;/h3-4,9,12,14H,2,5-8H2,1H3;2*1H/t12-;;/m0../s1. The van der Waals surface area contributed by atoms with Gasteiger partial charge in [0.15, 0.2) is 0 Å². The van der Waals surface area contributed by atoms with E-state index in [9.17, 15) is 0 Å². The van der Waals surface area contributed by atoms with Crippen LogP contribution in [0.3, 0.4) is 0 Å². The topological polar surface area (TPSA) is 28.2 Å². The first-order valence-electron chi connectivity index (χ1n) is 5.87. The Bertz CT molecular complexity index is 329. The second-order valence-electron chi connectivity index (χ2n) is 4.11. The minimum absolute atomic E-state index is 0. The molecule has 1 N–H and O–H groups in total. The van der Waals surface area contributed by atoms with Crippen LogP contribution in [0.25, 0.3) is 0 Å². The first kappa shape index (κ1) is 18.1. The van der Waals surface area contributed by atoms with Crippen LogP contribution in [0.2, 0.25) is 0 Å². The van der Waals surface area contributed by atoms with Crippen molar-refractivity contribution < 1.29 is 0 Å². The molecule has 2 heterocycles. The Morgan fingerprint density at radius 1 is 1.33 bits per heavy atom. The molecule has 18 heavy (non-hydrogen) atoms. The number of aromatic nitrogens is 1. The largest absolute Gasteiger partial charge is 0.314 e. The van der Waals surface area contributed by atoms with E-state index in [2.05, 4.69) is 50.2 Å². The van der Waals surface area contributed by atoms with E-state index in [0.29, 0.717) is 6.04 Å². The molecule has 0 spiro atoms. The van der Waals surface area contributed by atoms with Gasteiger partial charge in [0.2, 0.25) is 0 Å². The lowest BCUT2D eigenvalue weighted by molar-refractivity contribution is 0.166. The summed E-state index contributed by atoms with van der Waals surface area (Å²) in [5.74, 6) is 0. The summed E-state index contributed by atoms with van der Waals surface area (Å²) in [6.07, 6.45) is 3.01. The van der Waals surface area contributed by atoms with E-state index in [1.54, 1.807) is 0 Å². The van der Waals surface area contributed by atoms with Crippen LogP contribution in [-0.4, -0.2) is 36.1 Å². The quantitative estimate of drug-likeness (QED) is 0.902.